The van der Waals surface area contributed by atoms with Gasteiger partial charge in [-0.3, -0.25) is 0 Å². The maximum atomic E-state index is 5.86. The molecule has 2 aliphatic rings. The molecule has 2 rings (SSSR count). The average Bonchev–Trinajstić information content (AvgIpc) is 2.49. The van der Waals surface area contributed by atoms with E-state index in [0.717, 1.165) is 12.6 Å². The molecule has 0 bridgehead atoms. The standard InChI is InChI=1S/C12H24N2/c1-10(13)9-14(2)11-5-8-12(11)6-3-4-7-12/h10-11H,3-9,13H2,1-2H3/t10-,11?/m1/s1. The Morgan fingerprint density at radius 3 is 2.43 bits per heavy atom. The smallest absolute Gasteiger partial charge is 0.0149 e. The zero-order valence-corrected chi connectivity index (χ0v) is 9.63. The summed E-state index contributed by atoms with van der Waals surface area (Å²) in [5.41, 5.74) is 6.57. The SMILES string of the molecule is C[C@@H](N)CN(C)C1CCC12CCCC2. The molecule has 2 fully saturated rings. The first kappa shape index (κ1) is 10.4. The van der Waals surface area contributed by atoms with Crippen LogP contribution in [-0.4, -0.2) is 30.6 Å². The van der Waals surface area contributed by atoms with Gasteiger partial charge in [-0.25, -0.2) is 0 Å². The van der Waals surface area contributed by atoms with Gasteiger partial charge in [0, 0.05) is 18.6 Å². The lowest BCUT2D eigenvalue weighted by atomic mass is 9.62. The minimum absolute atomic E-state index is 0.319. The molecule has 1 unspecified atom stereocenters. The predicted molar refractivity (Wildman–Crippen MR) is 60.2 cm³/mol. The van der Waals surface area contributed by atoms with Gasteiger partial charge in [0.1, 0.15) is 0 Å². The number of hydrogen-bond donors (Lipinski definition) is 1. The van der Waals surface area contributed by atoms with Crippen LogP contribution in [0.5, 0.6) is 0 Å². The molecule has 1 spiro atoms. The predicted octanol–water partition coefficient (Wildman–Crippen LogP) is 1.99. The molecule has 82 valence electrons. The van der Waals surface area contributed by atoms with Gasteiger partial charge in [0.2, 0.25) is 0 Å². The van der Waals surface area contributed by atoms with Crippen LogP contribution in [0.15, 0.2) is 0 Å². The molecule has 2 heteroatoms. The molecule has 0 saturated heterocycles. The molecular weight excluding hydrogens is 172 g/mol. The average molecular weight is 196 g/mol. The van der Waals surface area contributed by atoms with Gasteiger partial charge in [-0.05, 0) is 45.1 Å². The van der Waals surface area contributed by atoms with Crippen molar-refractivity contribution in [2.45, 2.75) is 57.5 Å². The van der Waals surface area contributed by atoms with E-state index in [1.54, 1.807) is 0 Å². The molecule has 2 saturated carbocycles. The fourth-order valence-corrected chi connectivity index (χ4v) is 3.61. The molecule has 14 heavy (non-hydrogen) atoms. The largest absolute Gasteiger partial charge is 0.327 e. The second-order valence-electron chi connectivity index (χ2n) is 5.54. The van der Waals surface area contributed by atoms with E-state index < -0.39 is 0 Å². The van der Waals surface area contributed by atoms with E-state index in [1.165, 1.54) is 38.5 Å². The normalized spacial score (nSPS) is 32.1. The van der Waals surface area contributed by atoms with Gasteiger partial charge in [-0.15, -0.1) is 0 Å². The molecule has 0 amide bonds. The number of likely N-dealkylation sites (N-methyl/N-ethyl adjacent to an activating group) is 1. The zero-order chi connectivity index (χ0) is 10.2. The fourth-order valence-electron chi connectivity index (χ4n) is 3.61. The van der Waals surface area contributed by atoms with Gasteiger partial charge in [0.25, 0.3) is 0 Å². The van der Waals surface area contributed by atoms with Crippen LogP contribution in [0.4, 0.5) is 0 Å². The Labute approximate surface area is 87.8 Å². The van der Waals surface area contributed by atoms with Crippen molar-refractivity contribution in [3.8, 4) is 0 Å². The number of hydrogen-bond acceptors (Lipinski definition) is 2. The Morgan fingerprint density at radius 2 is 2.00 bits per heavy atom. The zero-order valence-electron chi connectivity index (χ0n) is 9.63. The Bertz CT molecular complexity index is 194. The molecule has 2 nitrogen and oxygen atoms in total. The van der Waals surface area contributed by atoms with Crippen LogP contribution in [0.2, 0.25) is 0 Å². The first-order valence-corrected chi connectivity index (χ1v) is 6.10. The van der Waals surface area contributed by atoms with Gasteiger partial charge in [0.05, 0.1) is 0 Å². The third-order valence-corrected chi connectivity index (χ3v) is 4.33. The molecule has 0 heterocycles. The van der Waals surface area contributed by atoms with Gasteiger partial charge < -0.3 is 10.6 Å². The van der Waals surface area contributed by atoms with Crippen molar-refractivity contribution in [1.29, 1.82) is 0 Å². The van der Waals surface area contributed by atoms with E-state index in [9.17, 15) is 0 Å². The number of rotatable bonds is 3. The van der Waals surface area contributed by atoms with Crippen molar-refractivity contribution in [2.75, 3.05) is 13.6 Å². The summed E-state index contributed by atoms with van der Waals surface area (Å²) in [5, 5.41) is 0. The fraction of sp³-hybridized carbons (Fsp3) is 1.00. The molecule has 0 aromatic heterocycles. The highest BCUT2D eigenvalue weighted by Gasteiger charge is 2.49. The summed E-state index contributed by atoms with van der Waals surface area (Å²) in [6.45, 7) is 3.17. The summed E-state index contributed by atoms with van der Waals surface area (Å²) in [5.74, 6) is 0. The van der Waals surface area contributed by atoms with Crippen molar-refractivity contribution in [2.24, 2.45) is 11.1 Å². The molecule has 2 N–H and O–H groups in total. The van der Waals surface area contributed by atoms with Crippen LogP contribution in [0.1, 0.15) is 45.4 Å². The third-order valence-electron chi connectivity index (χ3n) is 4.33. The van der Waals surface area contributed by atoms with Crippen LogP contribution < -0.4 is 5.73 Å². The van der Waals surface area contributed by atoms with Crippen LogP contribution in [0, 0.1) is 5.41 Å². The highest BCUT2D eigenvalue weighted by molar-refractivity contribution is 5.03. The quantitative estimate of drug-likeness (QED) is 0.748. The molecule has 2 aliphatic carbocycles. The van der Waals surface area contributed by atoms with E-state index in [-0.39, 0.29) is 0 Å². The van der Waals surface area contributed by atoms with E-state index in [1.807, 2.05) is 0 Å². The van der Waals surface area contributed by atoms with Crippen LogP contribution in [0.3, 0.4) is 0 Å². The maximum Gasteiger partial charge on any atom is 0.0149 e. The minimum atomic E-state index is 0.319. The van der Waals surface area contributed by atoms with Gasteiger partial charge in [0.15, 0.2) is 0 Å². The van der Waals surface area contributed by atoms with Crippen molar-refractivity contribution in [3.05, 3.63) is 0 Å². The molecule has 0 aliphatic heterocycles. The molecular formula is C12H24N2. The Morgan fingerprint density at radius 1 is 1.36 bits per heavy atom. The van der Waals surface area contributed by atoms with Crippen molar-refractivity contribution < 1.29 is 0 Å². The Hall–Kier alpha value is -0.0800. The summed E-state index contributed by atoms with van der Waals surface area (Å²) in [6, 6.07) is 1.16. The van der Waals surface area contributed by atoms with Crippen LogP contribution in [-0.2, 0) is 0 Å². The Kier molecular flexibility index (Phi) is 2.85. The van der Waals surface area contributed by atoms with Gasteiger partial charge in [-0.1, -0.05) is 12.8 Å². The second kappa shape index (κ2) is 3.82. The lowest BCUT2D eigenvalue weighted by molar-refractivity contribution is -0.0104. The summed E-state index contributed by atoms with van der Waals surface area (Å²) < 4.78 is 0. The highest BCUT2D eigenvalue weighted by Crippen LogP contribution is 2.54. The molecule has 0 aromatic carbocycles. The lowest BCUT2D eigenvalue weighted by Crippen LogP contribution is -2.54. The molecule has 0 aromatic rings. The minimum Gasteiger partial charge on any atom is -0.327 e. The summed E-state index contributed by atoms with van der Waals surface area (Å²) in [7, 11) is 2.26. The lowest BCUT2D eigenvalue weighted by Gasteiger charge is -2.52. The topological polar surface area (TPSA) is 29.3 Å². The monoisotopic (exact) mass is 196 g/mol. The first-order chi connectivity index (χ1) is 6.64. The van der Waals surface area contributed by atoms with E-state index >= 15 is 0 Å². The highest BCUT2D eigenvalue weighted by atomic mass is 15.2. The van der Waals surface area contributed by atoms with E-state index in [4.69, 9.17) is 5.73 Å². The summed E-state index contributed by atoms with van der Waals surface area (Å²) in [6.07, 6.45) is 8.75. The second-order valence-corrected chi connectivity index (χ2v) is 5.54. The van der Waals surface area contributed by atoms with Crippen LogP contribution >= 0.6 is 0 Å². The number of nitrogens with two attached hydrogens (primary N) is 1. The van der Waals surface area contributed by atoms with Crippen LogP contribution in [0.25, 0.3) is 0 Å². The first-order valence-electron chi connectivity index (χ1n) is 6.10. The molecule has 0 radical (unpaired) electrons. The van der Waals surface area contributed by atoms with Crippen molar-refractivity contribution in [3.63, 3.8) is 0 Å². The molecule has 2 atom stereocenters. The maximum absolute atomic E-state index is 5.86. The van der Waals surface area contributed by atoms with E-state index in [0.29, 0.717) is 11.5 Å². The van der Waals surface area contributed by atoms with E-state index in [2.05, 4.69) is 18.9 Å². The number of nitrogens with zero attached hydrogens (tertiary/aromatic N) is 1. The van der Waals surface area contributed by atoms with Gasteiger partial charge >= 0.3 is 0 Å². The Balaban J connectivity index is 1.91. The summed E-state index contributed by atoms with van der Waals surface area (Å²) >= 11 is 0. The van der Waals surface area contributed by atoms with Crippen molar-refractivity contribution >= 4 is 0 Å². The summed E-state index contributed by atoms with van der Waals surface area (Å²) in [4.78, 5) is 2.51. The third kappa shape index (κ3) is 1.70. The van der Waals surface area contributed by atoms with Gasteiger partial charge in [-0.2, -0.15) is 0 Å². The van der Waals surface area contributed by atoms with Crippen molar-refractivity contribution in [1.82, 2.24) is 4.90 Å².